The lowest BCUT2D eigenvalue weighted by atomic mass is 9.93. The Kier molecular flexibility index (Phi) is 5.33. The lowest BCUT2D eigenvalue weighted by Gasteiger charge is -2.32. The molecule has 0 spiro atoms. The van der Waals surface area contributed by atoms with Crippen molar-refractivity contribution in [2.75, 3.05) is 13.1 Å². The minimum absolute atomic E-state index is 0.0766. The Morgan fingerprint density at radius 3 is 2.79 bits per heavy atom. The van der Waals surface area contributed by atoms with Crippen LogP contribution in [0.3, 0.4) is 0 Å². The molecule has 0 saturated carbocycles. The Balaban J connectivity index is 1.39. The molecule has 1 aliphatic rings. The molecule has 29 heavy (non-hydrogen) atoms. The van der Waals surface area contributed by atoms with E-state index in [9.17, 15) is 13.2 Å². The Morgan fingerprint density at radius 2 is 2.03 bits per heavy atom. The number of aryl methyl sites for hydroxylation is 1. The number of aromatic amines is 1. The molecule has 0 bridgehead atoms. The average Bonchev–Trinajstić information content (AvgIpc) is 3.16. The molecule has 0 aliphatic carbocycles. The van der Waals surface area contributed by atoms with Crippen molar-refractivity contribution in [1.82, 2.24) is 20.1 Å². The minimum Gasteiger partial charge on any atom is -0.342 e. The van der Waals surface area contributed by atoms with Gasteiger partial charge >= 0.3 is 0 Å². The molecule has 0 radical (unpaired) electrons. The van der Waals surface area contributed by atoms with Gasteiger partial charge in [0.25, 0.3) is 0 Å². The van der Waals surface area contributed by atoms with Crippen LogP contribution in [0, 0.1) is 0 Å². The summed E-state index contributed by atoms with van der Waals surface area (Å²) in [6.07, 6.45) is 4.61. The van der Waals surface area contributed by atoms with Crippen LogP contribution in [0.2, 0.25) is 0 Å². The summed E-state index contributed by atoms with van der Waals surface area (Å²) in [6.45, 7) is 1.42. The van der Waals surface area contributed by atoms with Gasteiger partial charge in [0, 0.05) is 42.7 Å². The average molecular weight is 414 g/mol. The first-order valence-corrected chi connectivity index (χ1v) is 11.1. The lowest BCUT2D eigenvalue weighted by molar-refractivity contribution is -0.132. The van der Waals surface area contributed by atoms with Gasteiger partial charge in [-0.15, -0.1) is 0 Å². The Bertz CT molecular complexity index is 1120. The second kappa shape index (κ2) is 7.92. The number of nitrogens with two attached hydrogens (primary N) is 1. The number of primary sulfonamides is 1. The van der Waals surface area contributed by atoms with Gasteiger partial charge in [-0.1, -0.05) is 12.1 Å². The first kappa shape index (κ1) is 19.5. The fourth-order valence-corrected chi connectivity index (χ4v) is 4.39. The summed E-state index contributed by atoms with van der Waals surface area (Å²) in [5.41, 5.74) is 2.66. The van der Waals surface area contributed by atoms with Crippen molar-refractivity contribution in [1.29, 1.82) is 0 Å². The molecule has 2 aromatic heterocycles. The SMILES string of the molecule is NS(=O)(=O)c1ccc(CCC(=O)N2CCC[C@H](c3[nH]nc4ncccc34)C2)cc1. The summed E-state index contributed by atoms with van der Waals surface area (Å²) >= 11 is 0. The number of pyridine rings is 1. The van der Waals surface area contributed by atoms with Gasteiger partial charge in [0.05, 0.1) is 4.90 Å². The number of hydrogen-bond donors (Lipinski definition) is 2. The Labute approximate surface area is 169 Å². The van der Waals surface area contributed by atoms with Crippen LogP contribution >= 0.6 is 0 Å². The third-order valence-electron chi connectivity index (χ3n) is 5.42. The number of sulfonamides is 1. The van der Waals surface area contributed by atoms with Crippen molar-refractivity contribution in [2.45, 2.75) is 36.5 Å². The van der Waals surface area contributed by atoms with Crippen molar-refractivity contribution in [3.8, 4) is 0 Å². The summed E-state index contributed by atoms with van der Waals surface area (Å²) in [7, 11) is -3.70. The number of H-pyrrole nitrogens is 1. The third-order valence-corrected chi connectivity index (χ3v) is 6.35. The number of fused-ring (bicyclic) bond motifs is 1. The van der Waals surface area contributed by atoms with E-state index in [1.54, 1.807) is 18.3 Å². The molecule has 9 heteroatoms. The molecule has 1 atom stereocenters. The third kappa shape index (κ3) is 4.30. The fourth-order valence-electron chi connectivity index (χ4n) is 3.88. The number of nitrogens with zero attached hydrogens (tertiary/aromatic N) is 3. The first-order chi connectivity index (χ1) is 13.9. The van der Waals surface area contributed by atoms with Crippen LogP contribution in [0.4, 0.5) is 0 Å². The van der Waals surface area contributed by atoms with Gasteiger partial charge in [-0.3, -0.25) is 9.89 Å². The van der Waals surface area contributed by atoms with Gasteiger partial charge in [0.2, 0.25) is 15.9 Å². The fraction of sp³-hybridized carbons (Fsp3) is 0.350. The highest BCUT2D eigenvalue weighted by Crippen LogP contribution is 2.30. The predicted molar refractivity (Wildman–Crippen MR) is 109 cm³/mol. The van der Waals surface area contributed by atoms with E-state index in [0.717, 1.165) is 36.0 Å². The monoisotopic (exact) mass is 413 g/mol. The molecule has 4 rings (SSSR count). The van der Waals surface area contributed by atoms with E-state index in [-0.39, 0.29) is 16.7 Å². The van der Waals surface area contributed by atoms with E-state index >= 15 is 0 Å². The zero-order chi connectivity index (χ0) is 20.4. The zero-order valence-corrected chi connectivity index (χ0v) is 16.7. The number of hydrogen-bond acceptors (Lipinski definition) is 5. The van der Waals surface area contributed by atoms with Crippen LogP contribution in [0.1, 0.15) is 36.4 Å². The van der Waals surface area contributed by atoms with Gasteiger partial charge in [0.15, 0.2) is 5.65 Å². The zero-order valence-electron chi connectivity index (χ0n) is 15.9. The number of benzene rings is 1. The van der Waals surface area contributed by atoms with Gasteiger partial charge in [-0.05, 0) is 49.1 Å². The first-order valence-electron chi connectivity index (χ1n) is 9.60. The van der Waals surface area contributed by atoms with Crippen molar-refractivity contribution < 1.29 is 13.2 Å². The van der Waals surface area contributed by atoms with E-state index in [0.29, 0.717) is 25.0 Å². The molecule has 1 fully saturated rings. The van der Waals surface area contributed by atoms with Gasteiger partial charge in [-0.25, -0.2) is 18.5 Å². The second-order valence-corrected chi connectivity index (χ2v) is 8.94. The molecule has 1 aromatic carbocycles. The maximum Gasteiger partial charge on any atom is 0.238 e. The molecule has 0 unspecified atom stereocenters. The van der Waals surface area contributed by atoms with Crippen LogP contribution in [-0.2, 0) is 21.2 Å². The molecule has 1 aliphatic heterocycles. The molecule has 1 saturated heterocycles. The van der Waals surface area contributed by atoms with E-state index in [2.05, 4.69) is 15.2 Å². The molecular weight excluding hydrogens is 390 g/mol. The van der Waals surface area contributed by atoms with Crippen molar-refractivity contribution in [3.05, 3.63) is 53.9 Å². The van der Waals surface area contributed by atoms with Crippen molar-refractivity contribution in [2.24, 2.45) is 5.14 Å². The largest absolute Gasteiger partial charge is 0.342 e. The number of likely N-dealkylation sites (tertiary alicyclic amines) is 1. The summed E-state index contributed by atoms with van der Waals surface area (Å²) in [5, 5.41) is 13.5. The van der Waals surface area contributed by atoms with E-state index < -0.39 is 10.0 Å². The van der Waals surface area contributed by atoms with Crippen LogP contribution in [0.25, 0.3) is 11.0 Å². The maximum absolute atomic E-state index is 12.7. The molecule has 3 N–H and O–H groups in total. The maximum atomic E-state index is 12.7. The number of piperidine rings is 1. The van der Waals surface area contributed by atoms with Crippen molar-refractivity contribution in [3.63, 3.8) is 0 Å². The molecule has 1 amide bonds. The predicted octanol–water partition coefficient (Wildman–Crippen LogP) is 1.94. The highest BCUT2D eigenvalue weighted by atomic mass is 32.2. The van der Waals surface area contributed by atoms with Gasteiger partial charge in [0.1, 0.15) is 0 Å². The van der Waals surface area contributed by atoms with Gasteiger partial charge < -0.3 is 4.90 Å². The summed E-state index contributed by atoms with van der Waals surface area (Å²) in [6, 6.07) is 10.3. The number of carbonyl (C=O) groups is 1. The van der Waals surface area contributed by atoms with Crippen LogP contribution in [-0.4, -0.2) is 47.5 Å². The van der Waals surface area contributed by atoms with Crippen LogP contribution in [0.15, 0.2) is 47.5 Å². The Hall–Kier alpha value is -2.78. The number of amides is 1. The topological polar surface area (TPSA) is 122 Å². The Morgan fingerprint density at radius 1 is 1.24 bits per heavy atom. The number of rotatable bonds is 5. The van der Waals surface area contributed by atoms with E-state index in [1.165, 1.54) is 12.1 Å². The number of carbonyl (C=O) groups excluding carboxylic acids is 1. The summed E-state index contributed by atoms with van der Waals surface area (Å²) in [5.74, 6) is 0.322. The summed E-state index contributed by atoms with van der Waals surface area (Å²) < 4.78 is 22.7. The molecule has 8 nitrogen and oxygen atoms in total. The normalized spacial score (nSPS) is 17.6. The standard InChI is InChI=1S/C20H23N5O3S/c21-29(27,28)16-8-5-14(6-9-16)7-10-18(26)25-12-2-3-15(13-25)19-17-4-1-11-22-20(17)24-23-19/h1,4-6,8-9,11,15H,2-3,7,10,12-13H2,(H2,21,27,28)(H,22,23,24)/t15-/m0/s1. The van der Waals surface area contributed by atoms with Crippen LogP contribution in [0.5, 0.6) is 0 Å². The van der Waals surface area contributed by atoms with E-state index in [4.69, 9.17) is 5.14 Å². The second-order valence-electron chi connectivity index (χ2n) is 7.38. The van der Waals surface area contributed by atoms with Gasteiger partial charge in [-0.2, -0.15) is 5.10 Å². The van der Waals surface area contributed by atoms with Crippen molar-refractivity contribution >= 4 is 27.0 Å². The molecular formula is C20H23N5O3S. The lowest BCUT2D eigenvalue weighted by Crippen LogP contribution is -2.39. The highest BCUT2D eigenvalue weighted by molar-refractivity contribution is 7.89. The molecule has 3 heterocycles. The van der Waals surface area contributed by atoms with Crippen LogP contribution < -0.4 is 5.14 Å². The number of nitrogens with one attached hydrogen (secondary N) is 1. The summed E-state index contributed by atoms with van der Waals surface area (Å²) in [4.78, 5) is 19.0. The minimum atomic E-state index is -3.70. The van der Waals surface area contributed by atoms with E-state index in [1.807, 2.05) is 17.0 Å². The highest BCUT2D eigenvalue weighted by Gasteiger charge is 2.27. The molecule has 152 valence electrons. The molecule has 3 aromatic rings. The number of aromatic nitrogens is 3. The smallest absolute Gasteiger partial charge is 0.238 e. The quantitative estimate of drug-likeness (QED) is 0.662.